The number of nitrogens with one attached hydrogen (secondary N) is 1. The van der Waals surface area contributed by atoms with Crippen LogP contribution in [0, 0.1) is 6.92 Å². The predicted molar refractivity (Wildman–Crippen MR) is 125 cm³/mol. The van der Waals surface area contributed by atoms with Crippen molar-refractivity contribution < 1.29 is 0 Å². The van der Waals surface area contributed by atoms with Crippen LogP contribution in [-0.4, -0.2) is 41.1 Å². The average molecular weight is 402 g/mol. The normalized spacial score (nSPS) is 14.8. The van der Waals surface area contributed by atoms with Crippen molar-refractivity contribution in [3.8, 4) is 0 Å². The number of anilines is 1. The molecule has 1 aliphatic heterocycles. The molecule has 148 valence electrons. The molecule has 0 atom stereocenters. The molecular formula is C25H27N3S. The number of hydrogen-bond acceptors (Lipinski definition) is 2. The molecule has 1 saturated heterocycles. The highest BCUT2D eigenvalue weighted by Crippen LogP contribution is 2.29. The largest absolute Gasteiger partial charge is 0.346 e. The number of hydrogen-bond donors (Lipinski definition) is 1. The van der Waals surface area contributed by atoms with Crippen molar-refractivity contribution in [2.45, 2.75) is 13.0 Å². The van der Waals surface area contributed by atoms with Gasteiger partial charge < -0.3 is 10.2 Å². The lowest BCUT2D eigenvalue weighted by Crippen LogP contribution is -2.50. The molecule has 0 aromatic heterocycles. The molecule has 0 aliphatic carbocycles. The molecule has 0 bridgehead atoms. The summed E-state index contributed by atoms with van der Waals surface area (Å²) >= 11 is 5.69. The lowest BCUT2D eigenvalue weighted by molar-refractivity contribution is 0.151. The van der Waals surface area contributed by atoms with Crippen LogP contribution in [0.15, 0.2) is 84.9 Å². The first-order valence-electron chi connectivity index (χ1n) is 10.2. The zero-order valence-electron chi connectivity index (χ0n) is 16.8. The minimum atomic E-state index is 0.276. The minimum Gasteiger partial charge on any atom is -0.346 e. The highest BCUT2D eigenvalue weighted by molar-refractivity contribution is 7.80. The van der Waals surface area contributed by atoms with Gasteiger partial charge in [-0.3, -0.25) is 4.90 Å². The summed E-state index contributed by atoms with van der Waals surface area (Å²) in [5.41, 5.74) is 4.97. The fraction of sp³-hybridized carbons (Fsp3) is 0.240. The Labute approximate surface area is 179 Å². The first-order valence-corrected chi connectivity index (χ1v) is 10.6. The molecule has 1 heterocycles. The van der Waals surface area contributed by atoms with Gasteiger partial charge in [-0.05, 0) is 48.0 Å². The zero-order valence-corrected chi connectivity index (χ0v) is 17.6. The Morgan fingerprint density at radius 3 is 1.93 bits per heavy atom. The second kappa shape index (κ2) is 9.21. The van der Waals surface area contributed by atoms with Crippen LogP contribution in [0.3, 0.4) is 0 Å². The van der Waals surface area contributed by atoms with Crippen molar-refractivity contribution in [2.75, 3.05) is 31.5 Å². The van der Waals surface area contributed by atoms with Gasteiger partial charge in [0.05, 0.1) is 6.04 Å². The van der Waals surface area contributed by atoms with Gasteiger partial charge in [-0.1, -0.05) is 72.8 Å². The third kappa shape index (κ3) is 4.84. The predicted octanol–water partition coefficient (Wildman–Crippen LogP) is 5.10. The smallest absolute Gasteiger partial charge is 0.173 e. The maximum absolute atomic E-state index is 5.69. The number of piperazine rings is 1. The van der Waals surface area contributed by atoms with Crippen molar-refractivity contribution in [1.82, 2.24) is 9.80 Å². The summed E-state index contributed by atoms with van der Waals surface area (Å²) in [4.78, 5) is 4.84. The molecule has 3 aromatic carbocycles. The molecule has 0 saturated carbocycles. The number of aryl methyl sites for hydroxylation is 1. The highest BCUT2D eigenvalue weighted by Gasteiger charge is 2.27. The molecule has 1 N–H and O–H groups in total. The summed E-state index contributed by atoms with van der Waals surface area (Å²) in [6.45, 7) is 5.90. The summed E-state index contributed by atoms with van der Waals surface area (Å²) < 4.78 is 0. The topological polar surface area (TPSA) is 18.5 Å². The van der Waals surface area contributed by atoms with Crippen LogP contribution < -0.4 is 5.32 Å². The lowest BCUT2D eigenvalue weighted by atomic mass is 9.96. The molecule has 1 aliphatic rings. The highest BCUT2D eigenvalue weighted by atomic mass is 32.1. The van der Waals surface area contributed by atoms with Crippen molar-refractivity contribution >= 4 is 23.0 Å². The minimum absolute atomic E-state index is 0.276. The van der Waals surface area contributed by atoms with Gasteiger partial charge in [0.1, 0.15) is 0 Å². The molecule has 1 fully saturated rings. The SMILES string of the molecule is Cc1cccc(NC(=S)N2CCN(C(c3ccccc3)c3ccccc3)CC2)c1. The van der Waals surface area contributed by atoms with Crippen LogP contribution in [0.25, 0.3) is 0 Å². The van der Waals surface area contributed by atoms with Gasteiger partial charge in [0, 0.05) is 31.9 Å². The second-order valence-electron chi connectivity index (χ2n) is 7.55. The molecule has 3 nitrogen and oxygen atoms in total. The van der Waals surface area contributed by atoms with E-state index in [0.29, 0.717) is 0 Å². The van der Waals surface area contributed by atoms with Crippen LogP contribution in [0.1, 0.15) is 22.7 Å². The summed E-state index contributed by atoms with van der Waals surface area (Å²) in [5, 5.41) is 4.21. The van der Waals surface area contributed by atoms with E-state index in [1.54, 1.807) is 0 Å². The Morgan fingerprint density at radius 1 is 0.793 bits per heavy atom. The van der Waals surface area contributed by atoms with Crippen molar-refractivity contribution in [3.63, 3.8) is 0 Å². The van der Waals surface area contributed by atoms with E-state index in [0.717, 1.165) is 37.0 Å². The van der Waals surface area contributed by atoms with Crippen LogP contribution in [0.2, 0.25) is 0 Å². The van der Waals surface area contributed by atoms with E-state index in [1.165, 1.54) is 16.7 Å². The number of rotatable bonds is 4. The third-order valence-electron chi connectivity index (χ3n) is 5.47. The summed E-state index contributed by atoms with van der Waals surface area (Å²) in [6, 6.07) is 30.2. The molecule has 0 amide bonds. The van der Waals surface area contributed by atoms with E-state index in [-0.39, 0.29) is 6.04 Å². The first-order chi connectivity index (χ1) is 14.2. The molecule has 4 heteroatoms. The molecule has 0 radical (unpaired) electrons. The summed E-state index contributed by atoms with van der Waals surface area (Å²) in [5.74, 6) is 0. The molecular weight excluding hydrogens is 374 g/mol. The Kier molecular flexibility index (Phi) is 6.23. The van der Waals surface area contributed by atoms with E-state index < -0.39 is 0 Å². The molecule has 4 rings (SSSR count). The molecule has 0 spiro atoms. The molecule has 3 aromatic rings. The van der Waals surface area contributed by atoms with Crippen molar-refractivity contribution in [1.29, 1.82) is 0 Å². The van der Waals surface area contributed by atoms with Crippen LogP contribution >= 0.6 is 12.2 Å². The van der Waals surface area contributed by atoms with Crippen LogP contribution in [-0.2, 0) is 0 Å². The Hall–Kier alpha value is -2.69. The zero-order chi connectivity index (χ0) is 20.1. The van der Waals surface area contributed by atoms with Gasteiger partial charge in [0.25, 0.3) is 0 Å². The van der Waals surface area contributed by atoms with E-state index in [2.05, 4.69) is 107 Å². The quantitative estimate of drug-likeness (QED) is 0.613. The Morgan fingerprint density at radius 2 is 1.38 bits per heavy atom. The fourth-order valence-electron chi connectivity index (χ4n) is 3.99. The fourth-order valence-corrected chi connectivity index (χ4v) is 4.29. The maximum Gasteiger partial charge on any atom is 0.173 e. The van der Waals surface area contributed by atoms with E-state index >= 15 is 0 Å². The summed E-state index contributed by atoms with van der Waals surface area (Å²) in [7, 11) is 0. The van der Waals surface area contributed by atoms with Gasteiger partial charge in [-0.2, -0.15) is 0 Å². The van der Waals surface area contributed by atoms with E-state index in [9.17, 15) is 0 Å². The van der Waals surface area contributed by atoms with Gasteiger partial charge in [-0.25, -0.2) is 0 Å². The Balaban J connectivity index is 1.45. The van der Waals surface area contributed by atoms with Crippen molar-refractivity contribution in [3.05, 3.63) is 102 Å². The molecule has 29 heavy (non-hydrogen) atoms. The van der Waals surface area contributed by atoms with Gasteiger partial charge >= 0.3 is 0 Å². The third-order valence-corrected chi connectivity index (χ3v) is 5.83. The van der Waals surface area contributed by atoms with E-state index in [4.69, 9.17) is 12.2 Å². The summed E-state index contributed by atoms with van der Waals surface area (Å²) in [6.07, 6.45) is 0. The molecule has 0 unspecified atom stereocenters. The lowest BCUT2D eigenvalue weighted by Gasteiger charge is -2.40. The van der Waals surface area contributed by atoms with Gasteiger partial charge in [0.15, 0.2) is 5.11 Å². The number of benzene rings is 3. The van der Waals surface area contributed by atoms with Crippen LogP contribution in [0.4, 0.5) is 5.69 Å². The number of nitrogens with zero attached hydrogens (tertiary/aromatic N) is 2. The first kappa shape index (κ1) is 19.6. The van der Waals surface area contributed by atoms with Gasteiger partial charge in [-0.15, -0.1) is 0 Å². The van der Waals surface area contributed by atoms with Crippen molar-refractivity contribution in [2.24, 2.45) is 0 Å². The average Bonchev–Trinajstić information content (AvgIpc) is 2.76. The monoisotopic (exact) mass is 401 g/mol. The maximum atomic E-state index is 5.69. The van der Waals surface area contributed by atoms with Gasteiger partial charge in [0.2, 0.25) is 0 Å². The standard InChI is InChI=1S/C25H27N3S/c1-20-9-8-14-23(19-20)26-25(29)28-17-15-27(16-18-28)24(21-10-4-2-5-11-21)22-12-6-3-7-13-22/h2-14,19,24H,15-18H2,1H3,(H,26,29). The van der Waals surface area contributed by atoms with E-state index in [1.807, 2.05) is 0 Å². The second-order valence-corrected chi connectivity index (χ2v) is 7.93. The number of thiocarbonyl (C=S) groups is 1. The van der Waals surface area contributed by atoms with Crippen LogP contribution in [0.5, 0.6) is 0 Å². The Bertz CT molecular complexity index is 895.